The van der Waals surface area contributed by atoms with Crippen molar-refractivity contribution in [1.82, 2.24) is 5.48 Å². The number of rotatable bonds is 6. The van der Waals surface area contributed by atoms with Crippen molar-refractivity contribution in [1.29, 1.82) is 0 Å². The molecule has 0 saturated heterocycles. The van der Waals surface area contributed by atoms with E-state index < -0.39 is 6.10 Å². The molecule has 1 amide bonds. The Kier molecular flexibility index (Phi) is 5.53. The van der Waals surface area contributed by atoms with Gasteiger partial charge in [0.05, 0.1) is 6.10 Å². The van der Waals surface area contributed by atoms with Gasteiger partial charge in [-0.05, 0) is 18.4 Å². The molecule has 3 N–H and O–H groups in total. The predicted octanol–water partition coefficient (Wildman–Crippen LogP) is 1.79. The molecule has 0 saturated carbocycles. The lowest BCUT2D eigenvalue weighted by Crippen LogP contribution is -2.17. The zero-order valence-corrected chi connectivity index (χ0v) is 9.10. The van der Waals surface area contributed by atoms with Crippen LogP contribution in [0.1, 0.15) is 37.4 Å². The van der Waals surface area contributed by atoms with Crippen molar-refractivity contribution in [3.8, 4) is 0 Å². The van der Waals surface area contributed by atoms with Crippen LogP contribution in [-0.2, 0) is 4.79 Å². The Hall–Kier alpha value is -1.39. The van der Waals surface area contributed by atoms with Gasteiger partial charge in [-0.25, -0.2) is 5.48 Å². The molecular weight excluding hydrogens is 206 g/mol. The van der Waals surface area contributed by atoms with E-state index in [0.29, 0.717) is 12.8 Å². The van der Waals surface area contributed by atoms with Crippen LogP contribution in [0, 0.1) is 0 Å². The topological polar surface area (TPSA) is 69.6 Å². The minimum absolute atomic E-state index is 0.290. The third-order valence-electron chi connectivity index (χ3n) is 2.44. The van der Waals surface area contributed by atoms with Gasteiger partial charge in [0.2, 0.25) is 5.91 Å². The van der Waals surface area contributed by atoms with Crippen LogP contribution in [0.3, 0.4) is 0 Å². The molecule has 0 aliphatic rings. The van der Waals surface area contributed by atoms with E-state index in [9.17, 15) is 9.90 Å². The molecule has 4 heteroatoms. The molecule has 1 atom stereocenters. The van der Waals surface area contributed by atoms with E-state index in [0.717, 1.165) is 12.0 Å². The zero-order valence-electron chi connectivity index (χ0n) is 9.10. The number of benzene rings is 1. The van der Waals surface area contributed by atoms with E-state index in [-0.39, 0.29) is 12.3 Å². The molecule has 88 valence electrons. The smallest absolute Gasteiger partial charge is 0.243 e. The molecule has 1 aromatic carbocycles. The van der Waals surface area contributed by atoms with Crippen LogP contribution in [0.15, 0.2) is 30.3 Å². The van der Waals surface area contributed by atoms with Crippen LogP contribution >= 0.6 is 0 Å². The minimum atomic E-state index is -0.474. The molecule has 0 aliphatic carbocycles. The maximum absolute atomic E-state index is 10.7. The summed E-state index contributed by atoms with van der Waals surface area (Å²) in [5.41, 5.74) is 2.48. The van der Waals surface area contributed by atoms with Gasteiger partial charge >= 0.3 is 0 Å². The Bertz CT molecular complexity index is 313. The van der Waals surface area contributed by atoms with E-state index >= 15 is 0 Å². The largest absolute Gasteiger partial charge is 0.388 e. The first-order valence-corrected chi connectivity index (χ1v) is 5.40. The van der Waals surface area contributed by atoms with Gasteiger partial charge in [-0.3, -0.25) is 10.0 Å². The Labute approximate surface area is 94.9 Å². The average Bonchev–Trinajstić information content (AvgIpc) is 2.35. The molecule has 4 nitrogen and oxygen atoms in total. The number of nitrogens with one attached hydrogen (secondary N) is 1. The summed E-state index contributed by atoms with van der Waals surface area (Å²) in [5.74, 6) is -0.380. The highest BCUT2D eigenvalue weighted by molar-refractivity contribution is 5.74. The number of hydroxylamine groups is 1. The van der Waals surface area contributed by atoms with Crippen molar-refractivity contribution >= 4 is 5.91 Å². The first-order valence-electron chi connectivity index (χ1n) is 5.40. The highest BCUT2D eigenvalue weighted by Crippen LogP contribution is 2.18. The summed E-state index contributed by atoms with van der Waals surface area (Å²) < 4.78 is 0. The molecule has 0 fully saturated rings. The maximum atomic E-state index is 10.7. The molecular formula is C12H17NO3. The fourth-order valence-electron chi connectivity index (χ4n) is 1.52. The van der Waals surface area contributed by atoms with Gasteiger partial charge in [0.15, 0.2) is 0 Å². The summed E-state index contributed by atoms with van der Waals surface area (Å²) in [7, 11) is 0. The SMILES string of the molecule is O=C(CCCCC(O)c1ccccc1)NO. The maximum Gasteiger partial charge on any atom is 0.243 e. The van der Waals surface area contributed by atoms with Crippen molar-refractivity contribution in [2.75, 3.05) is 0 Å². The lowest BCUT2D eigenvalue weighted by molar-refractivity contribution is -0.129. The van der Waals surface area contributed by atoms with Crippen LogP contribution in [0.4, 0.5) is 0 Å². The van der Waals surface area contributed by atoms with Gasteiger partial charge in [0.25, 0.3) is 0 Å². The molecule has 1 unspecified atom stereocenters. The zero-order chi connectivity index (χ0) is 11.8. The van der Waals surface area contributed by atoms with E-state index in [1.807, 2.05) is 30.3 Å². The number of unbranched alkanes of at least 4 members (excludes halogenated alkanes) is 1. The van der Waals surface area contributed by atoms with Gasteiger partial charge in [-0.15, -0.1) is 0 Å². The van der Waals surface area contributed by atoms with E-state index in [1.165, 1.54) is 0 Å². The molecule has 0 heterocycles. The standard InChI is InChI=1S/C12H17NO3/c14-11(10-6-2-1-3-7-10)8-4-5-9-12(15)13-16/h1-3,6-7,11,14,16H,4-5,8-9H2,(H,13,15). The van der Waals surface area contributed by atoms with Crippen molar-refractivity contribution in [3.63, 3.8) is 0 Å². The number of aliphatic hydroxyl groups is 1. The van der Waals surface area contributed by atoms with Crippen LogP contribution in [0.2, 0.25) is 0 Å². The number of carbonyl (C=O) groups is 1. The van der Waals surface area contributed by atoms with Gasteiger partial charge in [-0.1, -0.05) is 36.8 Å². The van der Waals surface area contributed by atoms with Crippen LogP contribution < -0.4 is 5.48 Å². The normalized spacial score (nSPS) is 12.1. The fourth-order valence-corrected chi connectivity index (χ4v) is 1.52. The first-order chi connectivity index (χ1) is 7.74. The summed E-state index contributed by atoms with van der Waals surface area (Å²) in [6, 6.07) is 9.44. The lowest BCUT2D eigenvalue weighted by atomic mass is 10.0. The van der Waals surface area contributed by atoms with Crippen molar-refractivity contribution in [2.45, 2.75) is 31.8 Å². The summed E-state index contributed by atoms with van der Waals surface area (Å²) in [4.78, 5) is 10.7. The average molecular weight is 223 g/mol. The number of amides is 1. The van der Waals surface area contributed by atoms with Crippen molar-refractivity contribution in [3.05, 3.63) is 35.9 Å². The van der Waals surface area contributed by atoms with Gasteiger partial charge in [0.1, 0.15) is 0 Å². The van der Waals surface area contributed by atoms with Crippen molar-refractivity contribution in [2.24, 2.45) is 0 Å². The van der Waals surface area contributed by atoms with Crippen LogP contribution in [0.25, 0.3) is 0 Å². The molecule has 1 rings (SSSR count). The number of aliphatic hydroxyl groups excluding tert-OH is 1. The molecule has 0 bridgehead atoms. The lowest BCUT2D eigenvalue weighted by Gasteiger charge is -2.10. The first kappa shape index (κ1) is 12.7. The Balaban J connectivity index is 2.21. The molecule has 0 aromatic heterocycles. The number of hydrogen-bond donors (Lipinski definition) is 3. The third-order valence-corrected chi connectivity index (χ3v) is 2.44. The number of carbonyl (C=O) groups excluding carboxylic acids is 1. The second kappa shape index (κ2) is 6.98. The van der Waals surface area contributed by atoms with E-state index in [4.69, 9.17) is 5.21 Å². The van der Waals surface area contributed by atoms with Gasteiger partial charge < -0.3 is 5.11 Å². The second-order valence-electron chi connectivity index (χ2n) is 3.71. The summed E-state index contributed by atoms with van der Waals surface area (Å²) in [6.07, 6.45) is 1.86. The Morgan fingerprint density at radius 1 is 1.25 bits per heavy atom. The molecule has 0 radical (unpaired) electrons. The molecule has 0 aliphatic heterocycles. The minimum Gasteiger partial charge on any atom is -0.388 e. The molecule has 1 aromatic rings. The third kappa shape index (κ3) is 4.42. The van der Waals surface area contributed by atoms with Gasteiger partial charge in [0, 0.05) is 6.42 Å². The highest BCUT2D eigenvalue weighted by Gasteiger charge is 2.06. The van der Waals surface area contributed by atoms with Gasteiger partial charge in [-0.2, -0.15) is 0 Å². The monoisotopic (exact) mass is 223 g/mol. The predicted molar refractivity (Wildman–Crippen MR) is 59.8 cm³/mol. The molecule has 0 spiro atoms. The Morgan fingerprint density at radius 3 is 2.56 bits per heavy atom. The van der Waals surface area contributed by atoms with E-state index in [2.05, 4.69) is 0 Å². The second-order valence-corrected chi connectivity index (χ2v) is 3.71. The quantitative estimate of drug-likeness (QED) is 0.391. The summed E-state index contributed by atoms with van der Waals surface area (Å²) >= 11 is 0. The van der Waals surface area contributed by atoms with Crippen molar-refractivity contribution < 1.29 is 15.1 Å². The summed E-state index contributed by atoms with van der Waals surface area (Å²) in [5, 5.41) is 18.1. The summed E-state index contributed by atoms with van der Waals surface area (Å²) in [6.45, 7) is 0. The highest BCUT2D eigenvalue weighted by atomic mass is 16.5. The number of hydrogen-bond acceptors (Lipinski definition) is 3. The fraction of sp³-hybridized carbons (Fsp3) is 0.417. The molecule has 16 heavy (non-hydrogen) atoms. The van der Waals surface area contributed by atoms with Crippen LogP contribution in [-0.4, -0.2) is 16.2 Å². The Morgan fingerprint density at radius 2 is 1.94 bits per heavy atom. The van der Waals surface area contributed by atoms with Crippen LogP contribution in [0.5, 0.6) is 0 Å². The van der Waals surface area contributed by atoms with E-state index in [1.54, 1.807) is 5.48 Å².